The van der Waals surface area contributed by atoms with E-state index in [9.17, 15) is 4.79 Å². The van der Waals surface area contributed by atoms with Gasteiger partial charge in [-0.25, -0.2) is 0 Å². The number of aryl methyl sites for hydroxylation is 1. The molecule has 0 saturated heterocycles. The maximum Gasteiger partial charge on any atom is 0.257 e. The Morgan fingerprint density at radius 3 is 2.52 bits per heavy atom. The summed E-state index contributed by atoms with van der Waals surface area (Å²) in [6.07, 6.45) is 3.22. The molecule has 0 aliphatic heterocycles. The summed E-state index contributed by atoms with van der Waals surface area (Å²) in [7, 11) is 0. The highest BCUT2D eigenvalue weighted by Gasteiger charge is 2.10. The van der Waals surface area contributed by atoms with Crippen LogP contribution < -0.4 is 10.6 Å². The fraction of sp³-hybridized carbons (Fsp3) is 0.100. The van der Waals surface area contributed by atoms with Crippen molar-refractivity contribution in [3.8, 4) is 0 Å². The number of carbonyl (C=O) groups is 1. The van der Waals surface area contributed by atoms with Crippen molar-refractivity contribution in [2.24, 2.45) is 0 Å². The predicted octanol–water partition coefficient (Wildman–Crippen LogP) is 5.35. The quantitative estimate of drug-likeness (QED) is 0.666. The van der Waals surface area contributed by atoms with Gasteiger partial charge in [0.15, 0.2) is 0 Å². The Balaban J connectivity index is 1.77. The molecule has 4 nitrogen and oxygen atoms in total. The Hall–Kier alpha value is -2.85. The molecule has 25 heavy (non-hydrogen) atoms. The molecule has 2 N–H and O–H groups in total. The van der Waals surface area contributed by atoms with Crippen LogP contribution in [-0.4, -0.2) is 10.9 Å². The lowest BCUT2D eigenvalue weighted by Gasteiger charge is -2.11. The molecule has 0 bridgehead atoms. The summed E-state index contributed by atoms with van der Waals surface area (Å²) in [5, 5.41) is 6.82. The molecule has 5 heteroatoms. The van der Waals surface area contributed by atoms with Crippen LogP contribution in [0.25, 0.3) is 0 Å². The van der Waals surface area contributed by atoms with E-state index in [4.69, 9.17) is 11.6 Å². The number of anilines is 3. The van der Waals surface area contributed by atoms with Gasteiger partial charge in [0.25, 0.3) is 5.91 Å². The molecule has 1 aromatic heterocycles. The molecule has 0 spiro atoms. The van der Waals surface area contributed by atoms with Gasteiger partial charge in [-0.15, -0.1) is 0 Å². The number of aromatic nitrogens is 1. The van der Waals surface area contributed by atoms with Crippen molar-refractivity contribution in [1.82, 2.24) is 4.98 Å². The van der Waals surface area contributed by atoms with Crippen LogP contribution in [-0.2, 0) is 0 Å². The Morgan fingerprint density at radius 1 is 1.00 bits per heavy atom. The zero-order valence-electron chi connectivity index (χ0n) is 14.0. The highest BCUT2D eigenvalue weighted by Crippen LogP contribution is 2.21. The maximum absolute atomic E-state index is 12.5. The maximum atomic E-state index is 12.5. The van der Waals surface area contributed by atoms with Gasteiger partial charge in [0, 0.05) is 22.6 Å². The minimum absolute atomic E-state index is 0.194. The monoisotopic (exact) mass is 351 g/mol. The van der Waals surface area contributed by atoms with Crippen LogP contribution in [0.4, 0.5) is 17.1 Å². The third-order valence-electron chi connectivity index (χ3n) is 3.99. The lowest BCUT2D eigenvalue weighted by atomic mass is 10.1. The normalized spacial score (nSPS) is 10.4. The fourth-order valence-electron chi connectivity index (χ4n) is 2.41. The predicted molar refractivity (Wildman–Crippen MR) is 103 cm³/mol. The molecule has 0 atom stereocenters. The van der Waals surface area contributed by atoms with E-state index < -0.39 is 0 Å². The Bertz CT molecular complexity index is 907. The third kappa shape index (κ3) is 4.17. The Labute approximate surface area is 151 Å². The first-order valence-corrected chi connectivity index (χ1v) is 8.26. The van der Waals surface area contributed by atoms with Crippen molar-refractivity contribution in [2.75, 3.05) is 10.6 Å². The molecule has 0 fully saturated rings. The van der Waals surface area contributed by atoms with E-state index in [2.05, 4.69) is 15.6 Å². The topological polar surface area (TPSA) is 54.0 Å². The van der Waals surface area contributed by atoms with Gasteiger partial charge in [0.05, 0.1) is 17.4 Å². The van der Waals surface area contributed by atoms with Crippen molar-refractivity contribution in [3.05, 3.63) is 82.6 Å². The van der Waals surface area contributed by atoms with E-state index in [0.717, 1.165) is 28.2 Å². The van der Waals surface area contributed by atoms with E-state index in [0.29, 0.717) is 10.6 Å². The Morgan fingerprint density at radius 2 is 1.76 bits per heavy atom. The average molecular weight is 352 g/mol. The summed E-state index contributed by atoms with van der Waals surface area (Å²) >= 11 is 5.89. The van der Waals surface area contributed by atoms with E-state index in [1.165, 1.54) is 0 Å². The SMILES string of the molecule is Cc1cccc(NC(=O)c2cncc(Nc3ccc(Cl)cc3)c2)c1C. The van der Waals surface area contributed by atoms with Crippen molar-refractivity contribution in [3.63, 3.8) is 0 Å². The molecule has 0 unspecified atom stereocenters. The number of hydrogen-bond donors (Lipinski definition) is 2. The smallest absolute Gasteiger partial charge is 0.257 e. The summed E-state index contributed by atoms with van der Waals surface area (Å²) in [5.74, 6) is -0.194. The first-order valence-electron chi connectivity index (χ1n) is 7.88. The second kappa shape index (κ2) is 7.36. The number of amides is 1. The fourth-order valence-corrected chi connectivity index (χ4v) is 2.54. The van der Waals surface area contributed by atoms with Gasteiger partial charge in [0.1, 0.15) is 0 Å². The highest BCUT2D eigenvalue weighted by molar-refractivity contribution is 6.30. The molecule has 0 saturated carbocycles. The number of hydrogen-bond acceptors (Lipinski definition) is 3. The van der Waals surface area contributed by atoms with Crippen LogP contribution in [0.3, 0.4) is 0 Å². The molecular formula is C20H18ClN3O. The number of carbonyl (C=O) groups excluding carboxylic acids is 1. The molecule has 0 radical (unpaired) electrons. The number of rotatable bonds is 4. The standard InChI is InChI=1S/C20H18ClN3O/c1-13-4-3-5-19(14(13)2)24-20(25)15-10-18(12-22-11-15)23-17-8-6-16(21)7-9-17/h3-12,23H,1-2H3,(H,24,25). The van der Waals surface area contributed by atoms with Crippen LogP contribution in [0.1, 0.15) is 21.5 Å². The van der Waals surface area contributed by atoms with Gasteiger partial charge in [-0.05, 0) is 61.4 Å². The molecule has 0 aliphatic rings. The molecule has 2 aromatic carbocycles. The number of pyridine rings is 1. The third-order valence-corrected chi connectivity index (χ3v) is 4.24. The van der Waals surface area contributed by atoms with Gasteiger partial charge in [-0.2, -0.15) is 0 Å². The van der Waals surface area contributed by atoms with Gasteiger partial charge < -0.3 is 10.6 Å². The van der Waals surface area contributed by atoms with Crippen LogP contribution in [0.5, 0.6) is 0 Å². The van der Waals surface area contributed by atoms with Crippen molar-refractivity contribution in [2.45, 2.75) is 13.8 Å². The summed E-state index contributed by atoms with van der Waals surface area (Å²) in [6.45, 7) is 4.00. The van der Waals surface area contributed by atoms with Crippen molar-refractivity contribution in [1.29, 1.82) is 0 Å². The summed E-state index contributed by atoms with van der Waals surface area (Å²) in [4.78, 5) is 16.7. The van der Waals surface area contributed by atoms with Crippen LogP contribution in [0.15, 0.2) is 60.9 Å². The molecule has 3 aromatic rings. The van der Waals surface area contributed by atoms with E-state index >= 15 is 0 Å². The van der Waals surface area contributed by atoms with Crippen LogP contribution in [0, 0.1) is 13.8 Å². The highest BCUT2D eigenvalue weighted by atomic mass is 35.5. The molecule has 126 valence electrons. The zero-order chi connectivity index (χ0) is 17.8. The number of halogens is 1. The van der Waals surface area contributed by atoms with Crippen LogP contribution in [0.2, 0.25) is 5.02 Å². The largest absolute Gasteiger partial charge is 0.354 e. The molecule has 1 heterocycles. The zero-order valence-corrected chi connectivity index (χ0v) is 14.8. The summed E-state index contributed by atoms with van der Waals surface area (Å²) < 4.78 is 0. The number of benzene rings is 2. The Kier molecular flexibility index (Phi) is 5.00. The minimum Gasteiger partial charge on any atom is -0.354 e. The number of nitrogens with zero attached hydrogens (tertiary/aromatic N) is 1. The molecule has 3 rings (SSSR count). The van der Waals surface area contributed by atoms with Crippen LogP contribution >= 0.6 is 11.6 Å². The van der Waals surface area contributed by atoms with Gasteiger partial charge in [0.2, 0.25) is 0 Å². The lowest BCUT2D eigenvalue weighted by molar-refractivity contribution is 0.102. The lowest BCUT2D eigenvalue weighted by Crippen LogP contribution is -2.13. The van der Waals surface area contributed by atoms with E-state index in [1.54, 1.807) is 30.6 Å². The minimum atomic E-state index is -0.194. The number of nitrogens with one attached hydrogen (secondary N) is 2. The first kappa shape index (κ1) is 17.0. The van der Waals surface area contributed by atoms with Gasteiger partial charge >= 0.3 is 0 Å². The molecule has 1 amide bonds. The molecule has 0 aliphatic carbocycles. The second-order valence-corrected chi connectivity index (χ2v) is 6.23. The molecular weight excluding hydrogens is 334 g/mol. The first-order chi connectivity index (χ1) is 12.0. The van der Waals surface area contributed by atoms with E-state index in [-0.39, 0.29) is 5.91 Å². The van der Waals surface area contributed by atoms with Crippen molar-refractivity contribution >= 4 is 34.6 Å². The summed E-state index contributed by atoms with van der Waals surface area (Å²) in [5.41, 5.74) is 5.09. The average Bonchev–Trinajstić information content (AvgIpc) is 2.61. The summed E-state index contributed by atoms with van der Waals surface area (Å²) in [6, 6.07) is 14.9. The van der Waals surface area contributed by atoms with Gasteiger partial charge in [-0.3, -0.25) is 9.78 Å². The second-order valence-electron chi connectivity index (χ2n) is 5.80. The van der Waals surface area contributed by atoms with Gasteiger partial charge in [-0.1, -0.05) is 23.7 Å². The van der Waals surface area contributed by atoms with Crippen molar-refractivity contribution < 1.29 is 4.79 Å². The van der Waals surface area contributed by atoms with E-state index in [1.807, 2.05) is 44.2 Å².